The summed E-state index contributed by atoms with van der Waals surface area (Å²) in [5, 5.41) is 3.60. The van der Waals surface area contributed by atoms with Gasteiger partial charge in [-0.25, -0.2) is 0 Å². The third-order valence-corrected chi connectivity index (χ3v) is 4.68. The first-order chi connectivity index (χ1) is 8.34. The highest BCUT2D eigenvalue weighted by molar-refractivity contribution is 5.33. The molecule has 1 aliphatic heterocycles. The second kappa shape index (κ2) is 4.81. The van der Waals surface area contributed by atoms with Gasteiger partial charge >= 0.3 is 0 Å². The SMILES string of the molecule is CC1CCCC(C2CNCc3ccccc32)C1. The number of hydrogen-bond acceptors (Lipinski definition) is 1. The van der Waals surface area contributed by atoms with Gasteiger partial charge in [-0.05, 0) is 41.7 Å². The highest BCUT2D eigenvalue weighted by Crippen LogP contribution is 2.40. The fourth-order valence-electron chi connectivity index (χ4n) is 3.80. The zero-order chi connectivity index (χ0) is 11.7. The van der Waals surface area contributed by atoms with Crippen LogP contribution >= 0.6 is 0 Å². The molecule has 1 aromatic carbocycles. The van der Waals surface area contributed by atoms with Crippen LogP contribution in [0, 0.1) is 11.8 Å². The molecular formula is C16H23N. The van der Waals surface area contributed by atoms with Crippen LogP contribution in [0.25, 0.3) is 0 Å². The van der Waals surface area contributed by atoms with Crippen molar-refractivity contribution in [2.24, 2.45) is 11.8 Å². The summed E-state index contributed by atoms with van der Waals surface area (Å²) >= 11 is 0. The molecule has 1 heterocycles. The fourth-order valence-corrected chi connectivity index (χ4v) is 3.80. The Morgan fingerprint density at radius 3 is 2.94 bits per heavy atom. The molecule has 0 aromatic heterocycles. The van der Waals surface area contributed by atoms with Crippen molar-refractivity contribution in [3.8, 4) is 0 Å². The molecule has 0 radical (unpaired) electrons. The van der Waals surface area contributed by atoms with Crippen LogP contribution in [0.1, 0.15) is 49.7 Å². The molecule has 1 nitrogen and oxygen atoms in total. The molecule has 0 bridgehead atoms. The van der Waals surface area contributed by atoms with E-state index in [0.29, 0.717) is 0 Å². The largest absolute Gasteiger partial charge is 0.312 e. The molecule has 92 valence electrons. The quantitative estimate of drug-likeness (QED) is 0.774. The van der Waals surface area contributed by atoms with E-state index in [-0.39, 0.29) is 0 Å². The molecule has 3 atom stereocenters. The molecule has 0 saturated heterocycles. The van der Waals surface area contributed by atoms with Crippen LogP contribution in [0.5, 0.6) is 0 Å². The van der Waals surface area contributed by atoms with Gasteiger partial charge in [-0.15, -0.1) is 0 Å². The van der Waals surface area contributed by atoms with Crippen molar-refractivity contribution in [2.45, 2.75) is 45.1 Å². The van der Waals surface area contributed by atoms with Crippen molar-refractivity contribution >= 4 is 0 Å². The molecule has 2 aliphatic rings. The maximum absolute atomic E-state index is 3.60. The lowest BCUT2D eigenvalue weighted by Crippen LogP contribution is -2.34. The highest BCUT2D eigenvalue weighted by atomic mass is 14.9. The Morgan fingerprint density at radius 1 is 1.18 bits per heavy atom. The Labute approximate surface area is 105 Å². The third-order valence-electron chi connectivity index (χ3n) is 4.68. The number of nitrogens with one attached hydrogen (secondary N) is 1. The molecule has 1 saturated carbocycles. The van der Waals surface area contributed by atoms with Gasteiger partial charge in [0.05, 0.1) is 0 Å². The Balaban J connectivity index is 1.84. The van der Waals surface area contributed by atoms with Gasteiger partial charge in [-0.3, -0.25) is 0 Å². The van der Waals surface area contributed by atoms with Crippen molar-refractivity contribution in [1.82, 2.24) is 5.32 Å². The van der Waals surface area contributed by atoms with Gasteiger partial charge in [0.1, 0.15) is 0 Å². The maximum Gasteiger partial charge on any atom is 0.0208 e. The van der Waals surface area contributed by atoms with Gasteiger partial charge in [0.25, 0.3) is 0 Å². The van der Waals surface area contributed by atoms with Crippen LogP contribution in [0.3, 0.4) is 0 Å². The van der Waals surface area contributed by atoms with Gasteiger partial charge in [0.2, 0.25) is 0 Å². The Morgan fingerprint density at radius 2 is 2.06 bits per heavy atom. The summed E-state index contributed by atoms with van der Waals surface area (Å²) in [6.07, 6.45) is 5.74. The minimum absolute atomic E-state index is 0.766. The number of rotatable bonds is 1. The summed E-state index contributed by atoms with van der Waals surface area (Å²) in [5.41, 5.74) is 3.16. The minimum Gasteiger partial charge on any atom is -0.312 e. The Hall–Kier alpha value is -0.820. The van der Waals surface area contributed by atoms with Crippen LogP contribution < -0.4 is 5.32 Å². The van der Waals surface area contributed by atoms with E-state index in [0.717, 1.165) is 24.3 Å². The lowest BCUT2D eigenvalue weighted by Gasteiger charge is -2.37. The summed E-state index contributed by atoms with van der Waals surface area (Å²) in [6, 6.07) is 9.04. The highest BCUT2D eigenvalue weighted by Gasteiger charge is 2.30. The zero-order valence-corrected chi connectivity index (χ0v) is 10.8. The summed E-state index contributed by atoms with van der Waals surface area (Å²) in [5.74, 6) is 2.61. The molecule has 1 N–H and O–H groups in total. The van der Waals surface area contributed by atoms with Gasteiger partial charge in [0, 0.05) is 13.1 Å². The van der Waals surface area contributed by atoms with Crippen molar-refractivity contribution in [1.29, 1.82) is 0 Å². The summed E-state index contributed by atoms with van der Waals surface area (Å²) < 4.78 is 0. The van der Waals surface area contributed by atoms with Crippen molar-refractivity contribution < 1.29 is 0 Å². The predicted octanol–water partition coefficient (Wildman–Crippen LogP) is 3.70. The first-order valence-electron chi connectivity index (χ1n) is 7.13. The average Bonchev–Trinajstić information content (AvgIpc) is 2.38. The van der Waals surface area contributed by atoms with Crippen molar-refractivity contribution in [3.05, 3.63) is 35.4 Å². The third kappa shape index (κ3) is 2.26. The molecule has 0 amide bonds. The van der Waals surface area contributed by atoms with Crippen LogP contribution in [0.2, 0.25) is 0 Å². The standard InChI is InChI=1S/C16H23N/c1-12-5-4-7-13(9-12)16-11-17-10-14-6-2-3-8-15(14)16/h2-3,6,8,12-13,16-17H,4-5,7,9-11H2,1H3. The van der Waals surface area contributed by atoms with E-state index >= 15 is 0 Å². The van der Waals surface area contributed by atoms with E-state index in [4.69, 9.17) is 0 Å². The van der Waals surface area contributed by atoms with Crippen molar-refractivity contribution in [2.75, 3.05) is 6.54 Å². The molecule has 17 heavy (non-hydrogen) atoms. The first kappa shape index (κ1) is 11.3. The molecule has 1 heteroatoms. The first-order valence-corrected chi connectivity index (χ1v) is 7.13. The van der Waals surface area contributed by atoms with Gasteiger partial charge < -0.3 is 5.32 Å². The Kier molecular flexibility index (Phi) is 3.19. The van der Waals surface area contributed by atoms with E-state index in [1.54, 1.807) is 5.56 Å². The normalized spacial score (nSPS) is 33.1. The van der Waals surface area contributed by atoms with E-state index in [9.17, 15) is 0 Å². The zero-order valence-electron chi connectivity index (χ0n) is 10.8. The number of fused-ring (bicyclic) bond motifs is 1. The maximum atomic E-state index is 3.60. The second-order valence-corrected chi connectivity index (χ2v) is 5.97. The van der Waals surface area contributed by atoms with E-state index in [2.05, 4.69) is 36.5 Å². The van der Waals surface area contributed by atoms with Gasteiger partial charge in [-0.1, -0.05) is 44.0 Å². The topological polar surface area (TPSA) is 12.0 Å². The van der Waals surface area contributed by atoms with E-state index in [1.165, 1.54) is 37.8 Å². The minimum atomic E-state index is 0.766. The van der Waals surface area contributed by atoms with E-state index < -0.39 is 0 Å². The van der Waals surface area contributed by atoms with Crippen LogP contribution in [-0.4, -0.2) is 6.54 Å². The molecule has 1 aromatic rings. The van der Waals surface area contributed by atoms with Crippen LogP contribution in [-0.2, 0) is 6.54 Å². The monoisotopic (exact) mass is 229 g/mol. The van der Waals surface area contributed by atoms with Gasteiger partial charge in [0.15, 0.2) is 0 Å². The molecule has 1 aliphatic carbocycles. The summed E-state index contributed by atoms with van der Waals surface area (Å²) in [4.78, 5) is 0. The van der Waals surface area contributed by atoms with E-state index in [1.807, 2.05) is 0 Å². The summed E-state index contributed by atoms with van der Waals surface area (Å²) in [6.45, 7) is 4.68. The number of hydrogen-bond donors (Lipinski definition) is 1. The lowest BCUT2D eigenvalue weighted by atomic mass is 9.71. The lowest BCUT2D eigenvalue weighted by molar-refractivity contribution is 0.236. The fraction of sp³-hybridized carbons (Fsp3) is 0.625. The number of benzene rings is 1. The molecule has 0 spiro atoms. The molecular weight excluding hydrogens is 206 g/mol. The van der Waals surface area contributed by atoms with Crippen molar-refractivity contribution in [3.63, 3.8) is 0 Å². The Bertz CT molecular complexity index is 385. The molecule has 3 unspecified atom stereocenters. The molecule has 3 rings (SSSR count). The van der Waals surface area contributed by atoms with Crippen LogP contribution in [0.4, 0.5) is 0 Å². The van der Waals surface area contributed by atoms with Gasteiger partial charge in [-0.2, -0.15) is 0 Å². The second-order valence-electron chi connectivity index (χ2n) is 5.97. The molecule has 1 fully saturated rings. The van der Waals surface area contributed by atoms with Crippen LogP contribution in [0.15, 0.2) is 24.3 Å². The predicted molar refractivity (Wildman–Crippen MR) is 72.0 cm³/mol. The smallest absolute Gasteiger partial charge is 0.0208 e. The average molecular weight is 229 g/mol. The summed E-state index contributed by atoms with van der Waals surface area (Å²) in [7, 11) is 0.